The SMILES string of the molecule is O=C(COc1ccccc1)N1CC2(C1)CN(C(=O)Nc1ccccc1)CC1COCCN12. The fourth-order valence-corrected chi connectivity index (χ4v) is 4.95. The molecule has 0 radical (unpaired) electrons. The molecule has 0 bridgehead atoms. The van der Waals surface area contributed by atoms with Crippen molar-refractivity contribution in [2.75, 3.05) is 57.9 Å². The van der Waals surface area contributed by atoms with Crippen LogP contribution in [-0.4, -0.2) is 90.8 Å². The fraction of sp³-hybridized carbons (Fsp3) is 0.417. The van der Waals surface area contributed by atoms with Crippen LogP contribution >= 0.6 is 0 Å². The van der Waals surface area contributed by atoms with Gasteiger partial charge in [-0.05, 0) is 24.3 Å². The lowest BCUT2D eigenvalue weighted by Gasteiger charge is -2.63. The number of rotatable bonds is 4. The van der Waals surface area contributed by atoms with E-state index in [0.29, 0.717) is 45.1 Å². The number of para-hydroxylation sites is 2. The van der Waals surface area contributed by atoms with Gasteiger partial charge in [-0.1, -0.05) is 36.4 Å². The Bertz CT molecular complexity index is 949. The third kappa shape index (κ3) is 4.16. The number of hydrogen-bond acceptors (Lipinski definition) is 5. The van der Waals surface area contributed by atoms with E-state index in [0.717, 1.165) is 12.2 Å². The molecule has 1 spiro atoms. The minimum absolute atomic E-state index is 0.0187. The number of carbonyl (C=O) groups is 2. The lowest BCUT2D eigenvalue weighted by molar-refractivity contribution is -0.173. The number of likely N-dealkylation sites (tertiary alicyclic amines) is 1. The summed E-state index contributed by atoms with van der Waals surface area (Å²) < 4.78 is 11.3. The number of hydrogen-bond donors (Lipinski definition) is 1. The van der Waals surface area contributed by atoms with Gasteiger partial charge in [0.2, 0.25) is 0 Å². The highest BCUT2D eigenvalue weighted by atomic mass is 16.5. The van der Waals surface area contributed by atoms with E-state index >= 15 is 0 Å². The molecule has 1 unspecified atom stereocenters. The number of morpholine rings is 1. The molecule has 0 aliphatic carbocycles. The summed E-state index contributed by atoms with van der Waals surface area (Å²) in [4.78, 5) is 31.8. The van der Waals surface area contributed by atoms with Gasteiger partial charge in [0, 0.05) is 38.4 Å². The van der Waals surface area contributed by atoms with Crippen molar-refractivity contribution in [3.8, 4) is 5.75 Å². The van der Waals surface area contributed by atoms with E-state index in [1.54, 1.807) is 0 Å². The first-order chi connectivity index (χ1) is 15.6. The van der Waals surface area contributed by atoms with E-state index in [1.807, 2.05) is 70.5 Å². The number of anilines is 1. The van der Waals surface area contributed by atoms with Crippen LogP contribution in [0.15, 0.2) is 60.7 Å². The molecule has 8 heteroatoms. The molecule has 1 N–H and O–H groups in total. The molecule has 2 aromatic rings. The second kappa shape index (κ2) is 8.80. The van der Waals surface area contributed by atoms with Crippen molar-refractivity contribution in [1.82, 2.24) is 14.7 Å². The highest BCUT2D eigenvalue weighted by Crippen LogP contribution is 2.36. The molecule has 2 aromatic carbocycles. The molecule has 0 aromatic heterocycles. The minimum atomic E-state index is -0.233. The topological polar surface area (TPSA) is 74.3 Å². The van der Waals surface area contributed by atoms with Gasteiger partial charge < -0.3 is 24.6 Å². The van der Waals surface area contributed by atoms with Crippen molar-refractivity contribution in [3.05, 3.63) is 60.7 Å². The third-order valence-electron chi connectivity index (χ3n) is 6.49. The van der Waals surface area contributed by atoms with Crippen LogP contribution in [0.5, 0.6) is 5.75 Å². The van der Waals surface area contributed by atoms with Gasteiger partial charge >= 0.3 is 6.03 Å². The Labute approximate surface area is 187 Å². The number of fused-ring (bicyclic) bond motifs is 2. The smallest absolute Gasteiger partial charge is 0.321 e. The summed E-state index contributed by atoms with van der Waals surface area (Å²) in [6.07, 6.45) is 0. The van der Waals surface area contributed by atoms with E-state index < -0.39 is 0 Å². The maximum atomic E-state index is 13.0. The molecule has 8 nitrogen and oxygen atoms in total. The van der Waals surface area contributed by atoms with Crippen molar-refractivity contribution in [1.29, 1.82) is 0 Å². The summed E-state index contributed by atoms with van der Waals surface area (Å²) in [5, 5.41) is 2.99. The normalized spacial score (nSPS) is 22.1. The van der Waals surface area contributed by atoms with Gasteiger partial charge in [-0.25, -0.2) is 4.79 Å². The van der Waals surface area contributed by atoms with Gasteiger partial charge in [-0.15, -0.1) is 0 Å². The Kier molecular flexibility index (Phi) is 5.71. The van der Waals surface area contributed by atoms with E-state index in [-0.39, 0.29) is 30.1 Å². The number of piperazine rings is 1. The maximum absolute atomic E-state index is 13.0. The quantitative estimate of drug-likeness (QED) is 0.793. The zero-order valence-electron chi connectivity index (χ0n) is 18.0. The summed E-state index contributed by atoms with van der Waals surface area (Å²) in [6, 6.07) is 18.9. The van der Waals surface area contributed by atoms with Crippen LogP contribution in [0.3, 0.4) is 0 Å². The number of benzene rings is 2. The zero-order chi connectivity index (χ0) is 22.0. The van der Waals surface area contributed by atoms with Crippen LogP contribution < -0.4 is 10.1 Å². The van der Waals surface area contributed by atoms with Crippen molar-refractivity contribution in [2.45, 2.75) is 11.6 Å². The first kappa shape index (κ1) is 20.8. The Morgan fingerprint density at radius 1 is 1.00 bits per heavy atom. The summed E-state index contributed by atoms with van der Waals surface area (Å²) in [5.74, 6) is 0.654. The van der Waals surface area contributed by atoms with Crippen LogP contribution in [0.1, 0.15) is 0 Å². The maximum Gasteiger partial charge on any atom is 0.321 e. The number of carbonyl (C=O) groups excluding carboxylic acids is 2. The first-order valence-electron chi connectivity index (χ1n) is 11.0. The highest BCUT2D eigenvalue weighted by Gasteiger charge is 2.56. The van der Waals surface area contributed by atoms with Crippen LogP contribution in [-0.2, 0) is 9.53 Å². The number of nitrogens with zero attached hydrogens (tertiary/aromatic N) is 3. The monoisotopic (exact) mass is 436 g/mol. The van der Waals surface area contributed by atoms with E-state index in [1.165, 1.54) is 0 Å². The molecule has 3 amide bonds. The predicted octanol–water partition coefficient (Wildman–Crippen LogP) is 1.89. The zero-order valence-corrected chi connectivity index (χ0v) is 18.0. The second-order valence-corrected chi connectivity index (χ2v) is 8.67. The average Bonchev–Trinajstić information content (AvgIpc) is 2.81. The molecule has 3 aliphatic rings. The summed E-state index contributed by atoms with van der Waals surface area (Å²) >= 11 is 0. The van der Waals surface area contributed by atoms with Crippen molar-refractivity contribution in [2.24, 2.45) is 0 Å². The van der Waals surface area contributed by atoms with Crippen molar-refractivity contribution >= 4 is 17.6 Å². The van der Waals surface area contributed by atoms with Gasteiger partial charge in [0.25, 0.3) is 5.91 Å². The van der Waals surface area contributed by atoms with Crippen LogP contribution in [0.2, 0.25) is 0 Å². The van der Waals surface area contributed by atoms with E-state index in [2.05, 4.69) is 10.2 Å². The molecule has 3 aliphatic heterocycles. The molecule has 3 saturated heterocycles. The lowest BCUT2D eigenvalue weighted by Crippen LogP contribution is -2.81. The average molecular weight is 437 g/mol. The first-order valence-corrected chi connectivity index (χ1v) is 11.0. The summed E-state index contributed by atoms with van der Waals surface area (Å²) in [5.41, 5.74) is 0.542. The standard InChI is InChI=1S/C24H28N4O4/c29-22(15-32-21-9-5-2-6-10-21)27-17-24(18-27)16-26(13-20-14-31-12-11-28(20)24)23(30)25-19-7-3-1-4-8-19/h1-10,20H,11-18H2,(H,25,30). The van der Waals surface area contributed by atoms with Crippen molar-refractivity contribution in [3.63, 3.8) is 0 Å². The second-order valence-electron chi connectivity index (χ2n) is 8.67. The molecule has 1 atom stereocenters. The Morgan fingerprint density at radius 3 is 2.44 bits per heavy atom. The molecular weight excluding hydrogens is 408 g/mol. The largest absolute Gasteiger partial charge is 0.484 e. The number of urea groups is 1. The molecule has 3 fully saturated rings. The van der Waals surface area contributed by atoms with Crippen molar-refractivity contribution < 1.29 is 19.1 Å². The molecule has 32 heavy (non-hydrogen) atoms. The molecular formula is C24H28N4O4. The minimum Gasteiger partial charge on any atom is -0.484 e. The summed E-state index contributed by atoms with van der Waals surface area (Å²) in [6.45, 7) is 4.51. The molecule has 168 valence electrons. The predicted molar refractivity (Wildman–Crippen MR) is 120 cm³/mol. The number of amides is 3. The Morgan fingerprint density at radius 2 is 1.69 bits per heavy atom. The van der Waals surface area contributed by atoms with Gasteiger partial charge in [0.15, 0.2) is 6.61 Å². The van der Waals surface area contributed by atoms with E-state index in [4.69, 9.17) is 9.47 Å². The van der Waals surface area contributed by atoms with Gasteiger partial charge in [0.05, 0.1) is 24.8 Å². The van der Waals surface area contributed by atoms with Crippen LogP contribution in [0.4, 0.5) is 10.5 Å². The molecule has 5 rings (SSSR count). The van der Waals surface area contributed by atoms with Crippen LogP contribution in [0.25, 0.3) is 0 Å². The Hall–Kier alpha value is -3.10. The number of ether oxygens (including phenoxy) is 2. The fourth-order valence-electron chi connectivity index (χ4n) is 4.95. The molecule has 0 saturated carbocycles. The molecule has 3 heterocycles. The highest BCUT2D eigenvalue weighted by molar-refractivity contribution is 5.89. The lowest BCUT2D eigenvalue weighted by atomic mass is 9.82. The van der Waals surface area contributed by atoms with Crippen LogP contribution in [0, 0.1) is 0 Å². The third-order valence-corrected chi connectivity index (χ3v) is 6.49. The Balaban J connectivity index is 1.23. The summed E-state index contributed by atoms with van der Waals surface area (Å²) in [7, 11) is 0. The van der Waals surface area contributed by atoms with Gasteiger partial charge in [0.1, 0.15) is 5.75 Å². The van der Waals surface area contributed by atoms with Gasteiger partial charge in [-0.2, -0.15) is 0 Å². The van der Waals surface area contributed by atoms with E-state index in [9.17, 15) is 9.59 Å². The van der Waals surface area contributed by atoms with Gasteiger partial charge in [-0.3, -0.25) is 9.69 Å². The number of nitrogens with one attached hydrogen (secondary N) is 1.